The molecule has 0 spiro atoms. The summed E-state index contributed by atoms with van der Waals surface area (Å²) in [6, 6.07) is 50.0. The van der Waals surface area contributed by atoms with E-state index in [1.165, 1.54) is 48.3 Å². The van der Waals surface area contributed by atoms with E-state index in [-0.39, 0.29) is 0 Å². The van der Waals surface area contributed by atoms with Crippen LogP contribution >= 0.6 is 11.3 Å². The second kappa shape index (κ2) is 13.6. The molecule has 6 heteroatoms. The number of hydrogen-bond acceptors (Lipinski definition) is 5. The van der Waals surface area contributed by atoms with E-state index >= 15 is 0 Å². The summed E-state index contributed by atoms with van der Waals surface area (Å²) in [5.74, 6) is 3.76. The summed E-state index contributed by atoms with van der Waals surface area (Å²) in [6.07, 6.45) is 5.40. The van der Waals surface area contributed by atoms with Crippen molar-refractivity contribution in [2.24, 2.45) is 11.8 Å². The molecule has 2 aliphatic carbocycles. The first-order valence-electron chi connectivity index (χ1n) is 21.0. The molecule has 2 aliphatic rings. The van der Waals surface area contributed by atoms with Gasteiger partial charge in [0.1, 0.15) is 11.2 Å². The number of rotatable bonds is 5. The predicted molar refractivity (Wildman–Crippen MR) is 243 cm³/mol. The molecule has 3 atom stereocenters. The zero-order valence-corrected chi connectivity index (χ0v) is 34.0. The summed E-state index contributed by atoms with van der Waals surface area (Å²) >= 11 is 1.94. The Bertz CT molecular complexity index is 3260. The van der Waals surface area contributed by atoms with Gasteiger partial charge in [-0.05, 0) is 109 Å². The summed E-state index contributed by atoms with van der Waals surface area (Å²) in [5, 5.41) is 4.84. The van der Waals surface area contributed by atoms with Gasteiger partial charge in [0.2, 0.25) is 0 Å². The average Bonchev–Trinajstić information content (AvgIpc) is 3.95. The van der Waals surface area contributed by atoms with Gasteiger partial charge in [-0.3, -0.25) is 0 Å². The highest BCUT2D eigenvalue weighted by molar-refractivity contribution is 7.19. The number of aromatic nitrogens is 4. The lowest BCUT2D eigenvalue weighted by Crippen LogP contribution is -2.19. The fourth-order valence-corrected chi connectivity index (χ4v) is 11.5. The van der Waals surface area contributed by atoms with Crippen LogP contribution in [0.15, 0.2) is 144 Å². The fourth-order valence-electron chi connectivity index (χ4n) is 10.1. The molecule has 0 aliphatic heterocycles. The zero-order chi connectivity index (χ0) is 39.2. The van der Waals surface area contributed by atoms with Crippen LogP contribution in [0, 0.1) is 11.8 Å². The highest BCUT2D eigenvalue weighted by Gasteiger charge is 2.29. The molecule has 0 N–H and O–H groups in total. The van der Waals surface area contributed by atoms with E-state index in [9.17, 15) is 0 Å². The summed E-state index contributed by atoms with van der Waals surface area (Å²) in [7, 11) is 0. The minimum absolute atomic E-state index is 0.476. The number of furan rings is 1. The highest BCUT2D eigenvalue weighted by atomic mass is 32.1. The van der Waals surface area contributed by atoms with Crippen molar-refractivity contribution in [3.8, 4) is 39.9 Å². The third kappa shape index (κ3) is 5.68. The SMILES string of the molecule is CC1Cc2sc3cccc(-c4nc(-c5cccc(-n6c7c(c8ccccc86)CCC(c6ccccc6)C7)c5)nc(-c5ccc6c(c5)oc5ccccc56)n4)c3c2CC1C. The molecule has 5 nitrogen and oxygen atoms in total. The number of nitrogens with zero attached hydrogens (tertiary/aromatic N) is 4. The van der Waals surface area contributed by atoms with Crippen LogP contribution in [0.5, 0.6) is 0 Å². The Morgan fingerprint density at radius 3 is 2.20 bits per heavy atom. The summed E-state index contributed by atoms with van der Waals surface area (Å²) in [5.41, 5.74) is 12.8. The molecule has 4 aromatic heterocycles. The Kier molecular flexibility index (Phi) is 7.99. The maximum Gasteiger partial charge on any atom is 0.164 e. The highest BCUT2D eigenvalue weighted by Crippen LogP contribution is 2.45. The molecule has 4 heterocycles. The molecule has 0 bridgehead atoms. The van der Waals surface area contributed by atoms with Crippen molar-refractivity contribution in [3.05, 3.63) is 167 Å². The lowest BCUT2D eigenvalue weighted by Gasteiger charge is -2.26. The first kappa shape index (κ1) is 34.7. The van der Waals surface area contributed by atoms with Crippen LogP contribution < -0.4 is 0 Å². The molecular formula is C53H42N4OS. The monoisotopic (exact) mass is 782 g/mol. The Morgan fingerprint density at radius 2 is 1.32 bits per heavy atom. The molecule has 0 radical (unpaired) electrons. The summed E-state index contributed by atoms with van der Waals surface area (Å²) < 4.78 is 10.2. The normalized spacial score (nSPS) is 17.8. The number of thiophene rings is 1. The minimum atomic E-state index is 0.476. The van der Waals surface area contributed by atoms with Crippen molar-refractivity contribution >= 4 is 54.3 Å². The van der Waals surface area contributed by atoms with E-state index in [0.717, 1.165) is 76.4 Å². The molecule has 3 unspecified atom stereocenters. The molecule has 10 aromatic rings. The molecule has 59 heavy (non-hydrogen) atoms. The van der Waals surface area contributed by atoms with E-state index in [4.69, 9.17) is 19.4 Å². The number of hydrogen-bond donors (Lipinski definition) is 0. The van der Waals surface area contributed by atoms with Crippen molar-refractivity contribution in [2.75, 3.05) is 0 Å². The number of fused-ring (bicyclic) bond motifs is 9. The van der Waals surface area contributed by atoms with E-state index < -0.39 is 0 Å². The Balaban J connectivity index is 1.04. The topological polar surface area (TPSA) is 56.7 Å². The largest absolute Gasteiger partial charge is 0.456 e. The van der Waals surface area contributed by atoms with Gasteiger partial charge in [0, 0.05) is 59.2 Å². The maximum atomic E-state index is 6.37. The fraction of sp³-hybridized carbons (Fsp3) is 0.189. The van der Waals surface area contributed by atoms with Crippen molar-refractivity contribution in [1.29, 1.82) is 0 Å². The second-order valence-corrected chi connectivity index (χ2v) is 18.0. The van der Waals surface area contributed by atoms with Gasteiger partial charge < -0.3 is 8.98 Å². The van der Waals surface area contributed by atoms with Crippen LogP contribution in [0.3, 0.4) is 0 Å². The minimum Gasteiger partial charge on any atom is -0.456 e. The van der Waals surface area contributed by atoms with Crippen molar-refractivity contribution < 1.29 is 4.42 Å². The van der Waals surface area contributed by atoms with Gasteiger partial charge in [0.05, 0.1) is 5.52 Å². The molecule has 12 rings (SSSR count). The van der Waals surface area contributed by atoms with Gasteiger partial charge >= 0.3 is 0 Å². The molecule has 0 saturated carbocycles. The quantitative estimate of drug-likeness (QED) is 0.174. The Hall–Kier alpha value is -6.37. The van der Waals surface area contributed by atoms with Gasteiger partial charge in [-0.25, -0.2) is 15.0 Å². The van der Waals surface area contributed by atoms with Gasteiger partial charge in [-0.15, -0.1) is 11.3 Å². The van der Waals surface area contributed by atoms with Crippen LogP contribution in [0.2, 0.25) is 0 Å². The number of para-hydroxylation sites is 2. The average molecular weight is 783 g/mol. The molecule has 0 saturated heterocycles. The van der Waals surface area contributed by atoms with E-state index in [2.05, 4.69) is 146 Å². The van der Waals surface area contributed by atoms with Crippen molar-refractivity contribution in [1.82, 2.24) is 19.5 Å². The summed E-state index contributed by atoms with van der Waals surface area (Å²) in [4.78, 5) is 17.5. The Morgan fingerprint density at radius 1 is 0.593 bits per heavy atom. The van der Waals surface area contributed by atoms with Crippen LogP contribution in [-0.2, 0) is 25.7 Å². The lowest BCUT2D eigenvalue weighted by molar-refractivity contribution is 0.366. The standard InChI is InChI=1S/C53H42N4OS/c1-31-26-43-49(27-32(31)2)59-48-21-11-18-42(50(43)48)53-55-51(54-52(56-53)36-23-25-41-40-17-7-9-20-46(40)58-47(41)30-36)35-14-10-15-37(28-35)57-44-19-8-6-16-38(44)39-24-22-34(29-45(39)57)33-12-4-3-5-13-33/h3-21,23,25,28,30-32,34H,22,24,26-27,29H2,1-2H3. The molecule has 6 aromatic carbocycles. The first-order valence-corrected chi connectivity index (χ1v) is 21.8. The van der Waals surface area contributed by atoms with Gasteiger partial charge in [0.25, 0.3) is 0 Å². The van der Waals surface area contributed by atoms with Crippen LogP contribution in [0.25, 0.3) is 82.8 Å². The maximum absolute atomic E-state index is 6.37. The predicted octanol–water partition coefficient (Wildman–Crippen LogP) is 13.6. The molecule has 286 valence electrons. The molecule has 0 amide bonds. The molecule has 0 fully saturated rings. The van der Waals surface area contributed by atoms with Crippen molar-refractivity contribution in [3.63, 3.8) is 0 Å². The smallest absolute Gasteiger partial charge is 0.164 e. The summed E-state index contributed by atoms with van der Waals surface area (Å²) in [6.45, 7) is 4.79. The first-order chi connectivity index (χ1) is 29.0. The zero-order valence-electron chi connectivity index (χ0n) is 33.2. The van der Waals surface area contributed by atoms with Gasteiger partial charge in [-0.2, -0.15) is 0 Å². The van der Waals surface area contributed by atoms with Crippen LogP contribution in [-0.4, -0.2) is 19.5 Å². The Labute approximate surface area is 347 Å². The van der Waals surface area contributed by atoms with Gasteiger partial charge in [0.15, 0.2) is 17.5 Å². The third-order valence-electron chi connectivity index (χ3n) is 13.3. The lowest BCUT2D eigenvalue weighted by atomic mass is 9.80. The number of aryl methyl sites for hydroxylation is 1. The van der Waals surface area contributed by atoms with E-state index in [1.54, 1.807) is 0 Å². The van der Waals surface area contributed by atoms with Crippen molar-refractivity contribution in [2.45, 2.75) is 51.9 Å². The van der Waals surface area contributed by atoms with E-state index in [0.29, 0.717) is 35.2 Å². The second-order valence-electron chi connectivity index (χ2n) is 16.8. The van der Waals surface area contributed by atoms with Crippen LogP contribution in [0.4, 0.5) is 0 Å². The van der Waals surface area contributed by atoms with E-state index in [1.807, 2.05) is 23.5 Å². The van der Waals surface area contributed by atoms with Gasteiger partial charge in [-0.1, -0.05) is 111 Å². The number of benzene rings is 6. The molecular weight excluding hydrogens is 741 g/mol. The van der Waals surface area contributed by atoms with Crippen LogP contribution in [0.1, 0.15) is 53.4 Å². The third-order valence-corrected chi connectivity index (χ3v) is 14.5.